The van der Waals surface area contributed by atoms with E-state index in [-0.39, 0.29) is 11.9 Å². The summed E-state index contributed by atoms with van der Waals surface area (Å²) < 4.78 is 31.8. The number of benzene rings is 2. The van der Waals surface area contributed by atoms with Gasteiger partial charge in [-0.3, -0.25) is 14.3 Å². The monoisotopic (exact) mass is 473 g/mol. The summed E-state index contributed by atoms with van der Waals surface area (Å²) >= 11 is 0. The second-order valence-corrected chi connectivity index (χ2v) is 10.5. The number of hydrogen-bond acceptors (Lipinski definition) is 6. The van der Waals surface area contributed by atoms with Crippen LogP contribution in [0.15, 0.2) is 36.4 Å². The van der Waals surface area contributed by atoms with E-state index in [1.54, 1.807) is 36.1 Å². The van der Waals surface area contributed by atoms with Gasteiger partial charge < -0.3 is 14.5 Å². The normalized spacial score (nSPS) is 16.8. The van der Waals surface area contributed by atoms with Crippen LogP contribution in [0, 0.1) is 0 Å². The van der Waals surface area contributed by atoms with Gasteiger partial charge in [-0.1, -0.05) is 12.1 Å². The minimum absolute atomic E-state index is 0.0430. The quantitative estimate of drug-likeness (QED) is 0.593. The molecule has 0 saturated carbocycles. The first-order chi connectivity index (χ1) is 15.5. The fourth-order valence-electron chi connectivity index (χ4n) is 4.20. The molecule has 1 N–H and O–H groups in total. The summed E-state index contributed by atoms with van der Waals surface area (Å²) in [5.74, 6) is 0.534. The summed E-state index contributed by atoms with van der Waals surface area (Å²) in [5, 5.41) is 0. The molecule has 0 radical (unpaired) electrons. The molecule has 0 bridgehead atoms. The third-order valence-electron chi connectivity index (χ3n) is 5.55. The molecule has 1 heterocycles. The van der Waals surface area contributed by atoms with Gasteiger partial charge in [-0.2, -0.15) is 0 Å². The maximum Gasteiger partial charge on any atom is 0.229 e. The van der Waals surface area contributed by atoms with Crippen LogP contribution in [0.25, 0.3) is 11.1 Å². The lowest BCUT2D eigenvalue weighted by Gasteiger charge is -2.36. The lowest BCUT2D eigenvalue weighted by atomic mass is 9.91. The maximum absolute atomic E-state index is 12.4. The Kier molecular flexibility index (Phi) is 7.44. The third-order valence-corrected chi connectivity index (χ3v) is 6.16. The van der Waals surface area contributed by atoms with Crippen molar-refractivity contribution in [1.82, 2.24) is 4.90 Å². The van der Waals surface area contributed by atoms with E-state index in [1.807, 2.05) is 38.1 Å². The largest absolute Gasteiger partial charge is 0.481 e. The van der Waals surface area contributed by atoms with Crippen molar-refractivity contribution in [3.63, 3.8) is 0 Å². The van der Waals surface area contributed by atoms with E-state index < -0.39 is 16.1 Å². The summed E-state index contributed by atoms with van der Waals surface area (Å²) in [6.45, 7) is 3.98. The Morgan fingerprint density at radius 3 is 2.45 bits per heavy atom. The number of nitrogens with one attached hydrogen (secondary N) is 1. The molecule has 0 aliphatic carbocycles. The minimum Gasteiger partial charge on any atom is -0.481 e. The Morgan fingerprint density at radius 2 is 1.91 bits per heavy atom. The first kappa shape index (κ1) is 24.7. The van der Waals surface area contributed by atoms with Crippen LogP contribution in [0.2, 0.25) is 0 Å². The average Bonchev–Trinajstić information content (AvgIpc) is 2.72. The molecule has 2 aromatic carbocycles. The van der Waals surface area contributed by atoms with Gasteiger partial charge in [-0.15, -0.1) is 0 Å². The Bertz CT molecular complexity index is 1130. The molecule has 1 amide bonds. The molecule has 2 atom stereocenters. The topological polar surface area (TPSA) is 96.0 Å². The van der Waals surface area contributed by atoms with Crippen molar-refractivity contribution < 1.29 is 22.7 Å². The van der Waals surface area contributed by atoms with E-state index in [0.717, 1.165) is 41.3 Å². The molecule has 2 aromatic rings. The lowest BCUT2D eigenvalue weighted by molar-refractivity contribution is -0.117. The van der Waals surface area contributed by atoms with Gasteiger partial charge in [0, 0.05) is 36.3 Å². The van der Waals surface area contributed by atoms with Crippen LogP contribution in [0.1, 0.15) is 25.8 Å². The number of sulfonamides is 1. The standard InChI is InChI=1S/C24H31N3O5S/c1-16-6-11-22-23(27(16)17(2)29)13-12-21(24(22)32-20(15-28)14-26(3)4)18-7-9-19(10-8-18)25-33(5,30)31/h7-10,12-13,15-16,20,25H,6,11,14H2,1-5H3/t16-,20?/m0/s1. The molecular weight excluding hydrogens is 442 g/mol. The van der Waals surface area contributed by atoms with Gasteiger partial charge in [0.25, 0.3) is 0 Å². The van der Waals surface area contributed by atoms with Gasteiger partial charge in [0.2, 0.25) is 15.9 Å². The first-order valence-corrected chi connectivity index (χ1v) is 12.7. The van der Waals surface area contributed by atoms with E-state index in [9.17, 15) is 18.0 Å². The molecule has 33 heavy (non-hydrogen) atoms. The second kappa shape index (κ2) is 9.93. The van der Waals surface area contributed by atoms with Crippen molar-refractivity contribution in [2.45, 2.75) is 38.8 Å². The number of aldehydes is 1. The molecule has 9 heteroatoms. The van der Waals surface area contributed by atoms with Crippen molar-refractivity contribution >= 4 is 33.6 Å². The summed E-state index contributed by atoms with van der Waals surface area (Å²) in [6.07, 6.45) is 2.70. The Morgan fingerprint density at radius 1 is 1.24 bits per heavy atom. The molecule has 0 spiro atoms. The molecule has 0 saturated heterocycles. The minimum atomic E-state index is -3.38. The second-order valence-electron chi connectivity index (χ2n) is 8.72. The van der Waals surface area contributed by atoms with Gasteiger partial charge in [-0.25, -0.2) is 8.42 Å². The zero-order chi connectivity index (χ0) is 24.3. The number of rotatable bonds is 8. The van der Waals surface area contributed by atoms with Crippen molar-refractivity contribution in [2.24, 2.45) is 0 Å². The average molecular weight is 474 g/mol. The van der Waals surface area contributed by atoms with Crippen LogP contribution in [-0.4, -0.2) is 64.6 Å². The fraction of sp³-hybridized carbons (Fsp3) is 0.417. The number of carbonyl (C=O) groups excluding carboxylic acids is 2. The van der Waals surface area contributed by atoms with E-state index in [2.05, 4.69) is 4.72 Å². The molecule has 3 rings (SSSR count). The Balaban J connectivity index is 2.11. The number of fused-ring (bicyclic) bond motifs is 1. The highest BCUT2D eigenvalue weighted by Gasteiger charge is 2.30. The zero-order valence-electron chi connectivity index (χ0n) is 19.7. The first-order valence-electron chi connectivity index (χ1n) is 10.8. The number of amides is 1. The number of likely N-dealkylation sites (N-methyl/N-ethyl adjacent to an activating group) is 1. The molecule has 1 aliphatic heterocycles. The van der Waals surface area contributed by atoms with Crippen LogP contribution >= 0.6 is 0 Å². The maximum atomic E-state index is 12.4. The molecule has 0 aromatic heterocycles. The fourth-order valence-corrected chi connectivity index (χ4v) is 4.76. The van der Waals surface area contributed by atoms with Crippen LogP contribution in [0.3, 0.4) is 0 Å². The Hall–Kier alpha value is -2.91. The number of nitrogens with zero attached hydrogens (tertiary/aromatic N) is 2. The number of hydrogen-bond donors (Lipinski definition) is 1. The SMILES string of the molecule is CC(=O)N1c2ccc(-c3ccc(NS(C)(=O)=O)cc3)c(OC(C=O)CN(C)C)c2CC[C@@H]1C. The van der Waals surface area contributed by atoms with E-state index in [0.29, 0.717) is 24.4 Å². The number of ether oxygens (including phenoxy) is 1. The predicted molar refractivity (Wildman–Crippen MR) is 130 cm³/mol. The molecule has 1 unspecified atom stereocenters. The van der Waals surface area contributed by atoms with Gasteiger partial charge in [0.05, 0.1) is 11.9 Å². The van der Waals surface area contributed by atoms with Gasteiger partial charge >= 0.3 is 0 Å². The highest BCUT2D eigenvalue weighted by molar-refractivity contribution is 7.92. The van der Waals surface area contributed by atoms with Crippen LogP contribution in [0.5, 0.6) is 5.75 Å². The number of carbonyl (C=O) groups is 2. The summed E-state index contributed by atoms with van der Waals surface area (Å²) in [4.78, 5) is 27.8. The lowest BCUT2D eigenvalue weighted by Crippen LogP contribution is -2.41. The third kappa shape index (κ3) is 5.91. The van der Waals surface area contributed by atoms with Gasteiger partial charge in [0.1, 0.15) is 5.75 Å². The highest BCUT2D eigenvalue weighted by atomic mass is 32.2. The summed E-state index contributed by atoms with van der Waals surface area (Å²) in [5.41, 5.74) is 3.74. The molecule has 8 nitrogen and oxygen atoms in total. The van der Waals surface area contributed by atoms with Crippen molar-refractivity contribution in [3.8, 4) is 16.9 Å². The summed E-state index contributed by atoms with van der Waals surface area (Å²) in [6, 6.07) is 10.8. The highest BCUT2D eigenvalue weighted by Crippen LogP contribution is 2.43. The van der Waals surface area contributed by atoms with E-state index in [1.165, 1.54) is 0 Å². The van der Waals surface area contributed by atoms with Crippen LogP contribution < -0.4 is 14.4 Å². The molecule has 0 fully saturated rings. The summed E-state index contributed by atoms with van der Waals surface area (Å²) in [7, 11) is 0.357. The van der Waals surface area contributed by atoms with Crippen LogP contribution in [0.4, 0.5) is 11.4 Å². The van der Waals surface area contributed by atoms with E-state index >= 15 is 0 Å². The Labute approximate surface area is 195 Å². The molecular formula is C24H31N3O5S. The predicted octanol–water partition coefficient (Wildman–Crippen LogP) is 2.92. The smallest absolute Gasteiger partial charge is 0.229 e. The molecule has 178 valence electrons. The van der Waals surface area contributed by atoms with Crippen molar-refractivity contribution in [3.05, 3.63) is 42.0 Å². The van der Waals surface area contributed by atoms with E-state index in [4.69, 9.17) is 4.74 Å². The van der Waals surface area contributed by atoms with Crippen molar-refractivity contribution in [2.75, 3.05) is 36.5 Å². The van der Waals surface area contributed by atoms with Gasteiger partial charge in [0.15, 0.2) is 12.4 Å². The number of anilines is 2. The van der Waals surface area contributed by atoms with Crippen LogP contribution in [-0.2, 0) is 26.0 Å². The van der Waals surface area contributed by atoms with Gasteiger partial charge in [-0.05, 0) is 63.7 Å². The van der Waals surface area contributed by atoms with Crippen molar-refractivity contribution in [1.29, 1.82) is 0 Å². The zero-order valence-corrected chi connectivity index (χ0v) is 20.5. The molecule has 1 aliphatic rings.